The number of imidazole rings is 1. The third kappa shape index (κ3) is 5.88. The van der Waals surface area contributed by atoms with Gasteiger partial charge in [-0.15, -0.1) is 0 Å². The lowest BCUT2D eigenvalue weighted by atomic mass is 9.94. The van der Waals surface area contributed by atoms with Crippen LogP contribution in [-0.2, 0) is 11.2 Å². The molecule has 2 atom stereocenters. The number of H-pyrrole nitrogens is 1. The molecule has 0 aliphatic rings. The Labute approximate surface area is 207 Å². The van der Waals surface area contributed by atoms with E-state index in [2.05, 4.69) is 15.3 Å². The topological polar surface area (TPSA) is 115 Å². The number of aromatic nitrogens is 2. The maximum atomic E-state index is 13.1. The maximum absolute atomic E-state index is 13.1. The fourth-order valence-electron chi connectivity index (χ4n) is 4.14. The van der Waals surface area contributed by atoms with Crippen LogP contribution in [0.5, 0.6) is 0 Å². The average Bonchev–Trinajstić information content (AvgIpc) is 3.24. The van der Waals surface area contributed by atoms with Gasteiger partial charge in [-0.25, -0.2) is 4.98 Å². The average molecular weight is 492 g/mol. The Balaban J connectivity index is 1.55. The SMILES string of the molecule is Cc1nc2c(Cl)cc(C(=O)N[C@@H](Cc3ccc(-c4ccccc4)cc3)CC(CO)C(=O)O)cc2[nH]1. The van der Waals surface area contributed by atoms with E-state index in [-0.39, 0.29) is 12.3 Å². The first-order chi connectivity index (χ1) is 16.8. The van der Waals surface area contributed by atoms with Gasteiger partial charge in [-0.1, -0.05) is 66.2 Å². The second kappa shape index (κ2) is 10.7. The number of aliphatic hydroxyl groups is 1. The number of fused-ring (bicyclic) bond motifs is 1. The molecule has 7 nitrogen and oxygen atoms in total. The van der Waals surface area contributed by atoms with Crippen molar-refractivity contribution in [1.29, 1.82) is 0 Å². The summed E-state index contributed by atoms with van der Waals surface area (Å²) in [6, 6.07) is 20.6. The first-order valence-corrected chi connectivity index (χ1v) is 11.7. The Morgan fingerprint density at radius 2 is 1.74 bits per heavy atom. The van der Waals surface area contributed by atoms with Crippen LogP contribution in [0.15, 0.2) is 66.7 Å². The predicted octanol–water partition coefficient (Wildman–Crippen LogP) is 4.62. The zero-order valence-electron chi connectivity index (χ0n) is 19.2. The molecular weight excluding hydrogens is 466 g/mol. The van der Waals surface area contributed by atoms with Crippen LogP contribution in [-0.4, -0.2) is 44.7 Å². The summed E-state index contributed by atoms with van der Waals surface area (Å²) in [4.78, 5) is 32.1. The molecule has 0 radical (unpaired) electrons. The van der Waals surface area contributed by atoms with E-state index in [1.807, 2.05) is 54.6 Å². The molecule has 4 N–H and O–H groups in total. The summed E-state index contributed by atoms with van der Waals surface area (Å²) in [6.07, 6.45) is 0.487. The quantitative estimate of drug-likeness (QED) is 0.273. The van der Waals surface area contributed by atoms with Crippen molar-refractivity contribution in [3.8, 4) is 11.1 Å². The second-order valence-electron chi connectivity index (χ2n) is 8.57. The lowest BCUT2D eigenvalue weighted by Crippen LogP contribution is -2.39. The van der Waals surface area contributed by atoms with Crippen molar-refractivity contribution in [3.63, 3.8) is 0 Å². The van der Waals surface area contributed by atoms with E-state index in [0.717, 1.165) is 16.7 Å². The molecule has 0 fully saturated rings. The molecular formula is C27H26ClN3O4. The standard InChI is InChI=1S/C27H26ClN3O4/c1-16-29-24-14-20(13-23(28)25(24)30-16)26(33)31-22(12-21(15-32)27(34)35)11-17-7-9-19(10-8-17)18-5-3-2-4-6-18/h2-10,13-14,21-22,32H,11-12,15H2,1H3,(H,29,30)(H,31,33)(H,34,35)/t21?,22-/m0/s1. The van der Waals surface area contributed by atoms with E-state index in [0.29, 0.717) is 33.9 Å². The molecule has 1 heterocycles. The summed E-state index contributed by atoms with van der Waals surface area (Å²) in [5.74, 6) is -1.80. The number of carbonyl (C=O) groups is 2. The molecule has 8 heteroatoms. The molecule has 0 aliphatic heterocycles. The van der Waals surface area contributed by atoms with E-state index in [9.17, 15) is 19.8 Å². The number of carboxylic acids is 1. The van der Waals surface area contributed by atoms with Crippen LogP contribution in [0.25, 0.3) is 22.2 Å². The summed E-state index contributed by atoms with van der Waals surface area (Å²) in [5, 5.41) is 22.3. The fourth-order valence-corrected chi connectivity index (χ4v) is 4.40. The number of amides is 1. The third-order valence-corrected chi connectivity index (χ3v) is 6.23. The summed E-state index contributed by atoms with van der Waals surface area (Å²) in [5.41, 5.74) is 4.66. The van der Waals surface area contributed by atoms with Crippen molar-refractivity contribution in [2.24, 2.45) is 5.92 Å². The summed E-state index contributed by atoms with van der Waals surface area (Å²) >= 11 is 6.33. The van der Waals surface area contributed by atoms with Gasteiger partial charge in [0.15, 0.2) is 0 Å². The molecule has 1 aromatic heterocycles. The van der Waals surface area contributed by atoms with Crippen LogP contribution in [0.2, 0.25) is 5.02 Å². The van der Waals surface area contributed by atoms with Crippen molar-refractivity contribution < 1.29 is 19.8 Å². The van der Waals surface area contributed by atoms with Crippen molar-refractivity contribution >= 4 is 34.5 Å². The lowest BCUT2D eigenvalue weighted by molar-refractivity contribution is -0.143. The van der Waals surface area contributed by atoms with E-state index >= 15 is 0 Å². The molecule has 1 amide bonds. The zero-order valence-corrected chi connectivity index (χ0v) is 19.9. The highest BCUT2D eigenvalue weighted by Crippen LogP contribution is 2.24. The molecule has 35 heavy (non-hydrogen) atoms. The van der Waals surface area contributed by atoms with Crippen molar-refractivity contribution in [3.05, 3.63) is 88.7 Å². The van der Waals surface area contributed by atoms with Crippen molar-refractivity contribution in [2.45, 2.75) is 25.8 Å². The molecule has 0 aliphatic carbocycles. The number of carbonyl (C=O) groups excluding carboxylic acids is 1. The van der Waals surface area contributed by atoms with Crippen LogP contribution in [0.3, 0.4) is 0 Å². The highest BCUT2D eigenvalue weighted by atomic mass is 35.5. The number of halogens is 1. The maximum Gasteiger partial charge on any atom is 0.308 e. The van der Waals surface area contributed by atoms with E-state index in [1.165, 1.54) is 0 Å². The number of hydrogen-bond donors (Lipinski definition) is 4. The molecule has 4 rings (SSSR count). The number of carboxylic acid groups (broad SMARTS) is 1. The lowest BCUT2D eigenvalue weighted by Gasteiger charge is -2.22. The summed E-state index contributed by atoms with van der Waals surface area (Å²) < 4.78 is 0. The van der Waals surface area contributed by atoms with Crippen molar-refractivity contribution in [1.82, 2.24) is 15.3 Å². The number of rotatable bonds is 9. The van der Waals surface area contributed by atoms with Gasteiger partial charge in [-0.05, 0) is 48.6 Å². The molecule has 0 spiro atoms. The molecule has 1 unspecified atom stereocenters. The van der Waals surface area contributed by atoms with Gasteiger partial charge in [0.1, 0.15) is 11.3 Å². The van der Waals surface area contributed by atoms with Gasteiger partial charge < -0.3 is 20.5 Å². The third-order valence-electron chi connectivity index (χ3n) is 5.94. The fraction of sp³-hybridized carbons (Fsp3) is 0.222. The first-order valence-electron chi connectivity index (χ1n) is 11.3. The largest absolute Gasteiger partial charge is 0.481 e. The first kappa shape index (κ1) is 24.4. The number of aromatic amines is 1. The number of nitrogens with one attached hydrogen (secondary N) is 2. The van der Waals surface area contributed by atoms with Crippen LogP contribution >= 0.6 is 11.6 Å². The minimum absolute atomic E-state index is 0.0805. The summed E-state index contributed by atoms with van der Waals surface area (Å²) in [7, 11) is 0. The molecule has 4 aromatic rings. The number of benzene rings is 3. The highest BCUT2D eigenvalue weighted by Gasteiger charge is 2.24. The Kier molecular flexibility index (Phi) is 7.48. The monoisotopic (exact) mass is 491 g/mol. The van der Waals surface area contributed by atoms with E-state index < -0.39 is 24.5 Å². The smallest absolute Gasteiger partial charge is 0.308 e. The van der Waals surface area contributed by atoms with Gasteiger partial charge in [-0.3, -0.25) is 9.59 Å². The van der Waals surface area contributed by atoms with Gasteiger partial charge in [0.25, 0.3) is 5.91 Å². The molecule has 3 aromatic carbocycles. The number of hydrogen-bond acceptors (Lipinski definition) is 4. The van der Waals surface area contributed by atoms with Crippen LogP contribution in [0, 0.1) is 12.8 Å². The molecule has 0 saturated heterocycles. The van der Waals surface area contributed by atoms with Gasteiger partial charge >= 0.3 is 5.97 Å². The van der Waals surface area contributed by atoms with Crippen LogP contribution in [0.4, 0.5) is 0 Å². The minimum atomic E-state index is -1.11. The minimum Gasteiger partial charge on any atom is -0.481 e. The summed E-state index contributed by atoms with van der Waals surface area (Å²) in [6.45, 7) is 1.29. The van der Waals surface area contributed by atoms with E-state index in [4.69, 9.17) is 11.6 Å². The highest BCUT2D eigenvalue weighted by molar-refractivity contribution is 6.35. The Hall–Kier alpha value is -3.68. The zero-order chi connectivity index (χ0) is 24.9. The Bertz CT molecular complexity index is 1340. The van der Waals surface area contributed by atoms with Gasteiger partial charge in [-0.2, -0.15) is 0 Å². The van der Waals surface area contributed by atoms with Crippen molar-refractivity contribution in [2.75, 3.05) is 6.61 Å². The molecule has 0 bridgehead atoms. The molecule has 0 saturated carbocycles. The molecule has 180 valence electrons. The number of aryl methyl sites for hydroxylation is 1. The van der Waals surface area contributed by atoms with Gasteiger partial charge in [0.2, 0.25) is 0 Å². The van der Waals surface area contributed by atoms with Crippen LogP contribution < -0.4 is 5.32 Å². The van der Waals surface area contributed by atoms with Crippen LogP contribution in [0.1, 0.15) is 28.2 Å². The van der Waals surface area contributed by atoms with Gasteiger partial charge in [0, 0.05) is 11.6 Å². The number of aliphatic carboxylic acids is 1. The number of nitrogens with zero attached hydrogens (tertiary/aromatic N) is 1. The Morgan fingerprint density at radius 3 is 2.40 bits per heavy atom. The van der Waals surface area contributed by atoms with E-state index in [1.54, 1.807) is 19.1 Å². The number of aliphatic hydroxyl groups excluding tert-OH is 1. The Morgan fingerprint density at radius 1 is 1.06 bits per heavy atom. The van der Waals surface area contributed by atoms with Gasteiger partial charge in [0.05, 0.1) is 23.1 Å². The normalized spacial score (nSPS) is 12.9. The predicted molar refractivity (Wildman–Crippen MR) is 136 cm³/mol. The second-order valence-corrected chi connectivity index (χ2v) is 8.97.